The van der Waals surface area contributed by atoms with Crippen molar-refractivity contribution in [3.8, 4) is 0 Å². The van der Waals surface area contributed by atoms with Crippen LogP contribution in [-0.4, -0.2) is 24.3 Å². The number of piperidine rings is 1. The molecule has 0 aromatic heterocycles. The minimum absolute atomic E-state index is 0.119. The van der Waals surface area contributed by atoms with Crippen LogP contribution in [0.15, 0.2) is 18.2 Å². The van der Waals surface area contributed by atoms with Crippen molar-refractivity contribution in [3.63, 3.8) is 0 Å². The minimum atomic E-state index is -0.288. The van der Waals surface area contributed by atoms with E-state index in [0.29, 0.717) is 10.0 Å². The van der Waals surface area contributed by atoms with Gasteiger partial charge in [0, 0.05) is 12.5 Å². The van der Waals surface area contributed by atoms with Gasteiger partial charge in [-0.15, -0.1) is 0 Å². The van der Waals surface area contributed by atoms with Crippen molar-refractivity contribution in [2.24, 2.45) is 0 Å². The van der Waals surface area contributed by atoms with Crippen LogP contribution in [0.3, 0.4) is 0 Å². The van der Waals surface area contributed by atoms with Crippen LogP contribution >= 0.6 is 23.2 Å². The summed E-state index contributed by atoms with van der Waals surface area (Å²) in [6, 6.07) is 5.54. The second kappa shape index (κ2) is 4.71. The molecule has 0 saturated carbocycles. The van der Waals surface area contributed by atoms with E-state index in [1.54, 1.807) is 6.07 Å². The SMILES string of the molecule is OC1CCNCC1c1ccc(Cl)c(Cl)c1. The zero-order chi connectivity index (χ0) is 10.8. The van der Waals surface area contributed by atoms with Gasteiger partial charge < -0.3 is 10.4 Å². The Labute approximate surface area is 99.2 Å². The van der Waals surface area contributed by atoms with Crippen molar-refractivity contribution in [2.45, 2.75) is 18.4 Å². The van der Waals surface area contributed by atoms with Crippen molar-refractivity contribution in [1.82, 2.24) is 5.32 Å². The average Bonchev–Trinajstić information content (AvgIpc) is 2.23. The Morgan fingerprint density at radius 3 is 2.73 bits per heavy atom. The number of aliphatic hydroxyl groups excluding tert-OH is 1. The Morgan fingerprint density at radius 2 is 2.07 bits per heavy atom. The number of rotatable bonds is 1. The third-order valence-electron chi connectivity index (χ3n) is 2.82. The molecule has 0 radical (unpaired) electrons. The topological polar surface area (TPSA) is 32.3 Å². The molecule has 82 valence electrons. The van der Waals surface area contributed by atoms with Crippen molar-refractivity contribution in [2.75, 3.05) is 13.1 Å². The molecular formula is C11H13Cl2NO. The van der Waals surface area contributed by atoms with Crippen LogP contribution in [0, 0.1) is 0 Å². The maximum atomic E-state index is 9.87. The van der Waals surface area contributed by atoms with E-state index in [2.05, 4.69) is 5.32 Å². The summed E-state index contributed by atoms with van der Waals surface area (Å²) in [6.45, 7) is 1.66. The highest BCUT2D eigenvalue weighted by Gasteiger charge is 2.24. The first kappa shape index (κ1) is 11.2. The summed E-state index contributed by atoms with van der Waals surface area (Å²) in [5.41, 5.74) is 1.05. The summed E-state index contributed by atoms with van der Waals surface area (Å²) >= 11 is 11.8. The molecule has 2 atom stereocenters. The fourth-order valence-corrected chi connectivity index (χ4v) is 2.23. The van der Waals surface area contributed by atoms with Gasteiger partial charge in [0.25, 0.3) is 0 Å². The van der Waals surface area contributed by atoms with Crippen LogP contribution in [0.25, 0.3) is 0 Å². The van der Waals surface area contributed by atoms with Gasteiger partial charge in [-0.3, -0.25) is 0 Å². The molecule has 1 aliphatic heterocycles. The number of aliphatic hydroxyl groups is 1. The molecule has 0 bridgehead atoms. The van der Waals surface area contributed by atoms with Crippen LogP contribution < -0.4 is 5.32 Å². The van der Waals surface area contributed by atoms with Gasteiger partial charge in [0.1, 0.15) is 0 Å². The number of halogens is 2. The Bertz CT molecular complexity index is 356. The lowest BCUT2D eigenvalue weighted by molar-refractivity contribution is 0.114. The van der Waals surface area contributed by atoms with E-state index in [9.17, 15) is 5.11 Å². The van der Waals surface area contributed by atoms with Crippen LogP contribution in [0.4, 0.5) is 0 Å². The van der Waals surface area contributed by atoms with E-state index in [0.717, 1.165) is 25.1 Å². The molecule has 15 heavy (non-hydrogen) atoms. The zero-order valence-corrected chi connectivity index (χ0v) is 9.72. The van der Waals surface area contributed by atoms with Gasteiger partial charge in [0.2, 0.25) is 0 Å². The molecule has 2 nitrogen and oxygen atoms in total. The van der Waals surface area contributed by atoms with Gasteiger partial charge in [-0.25, -0.2) is 0 Å². The molecular weight excluding hydrogens is 233 g/mol. The molecule has 4 heteroatoms. The third kappa shape index (κ3) is 2.45. The number of benzene rings is 1. The number of hydrogen-bond acceptors (Lipinski definition) is 2. The Hall–Kier alpha value is -0.280. The summed E-state index contributed by atoms with van der Waals surface area (Å²) in [5.74, 6) is 0.119. The monoisotopic (exact) mass is 245 g/mol. The zero-order valence-electron chi connectivity index (χ0n) is 8.21. The van der Waals surface area contributed by atoms with Gasteiger partial charge in [-0.2, -0.15) is 0 Å². The smallest absolute Gasteiger partial charge is 0.0633 e. The Morgan fingerprint density at radius 1 is 1.27 bits per heavy atom. The molecule has 2 unspecified atom stereocenters. The molecule has 1 fully saturated rings. The molecule has 0 amide bonds. The molecule has 1 aromatic rings. The molecule has 2 N–H and O–H groups in total. The van der Waals surface area contributed by atoms with Crippen molar-refractivity contribution in [3.05, 3.63) is 33.8 Å². The fourth-order valence-electron chi connectivity index (χ4n) is 1.93. The van der Waals surface area contributed by atoms with E-state index >= 15 is 0 Å². The van der Waals surface area contributed by atoms with E-state index in [1.165, 1.54) is 0 Å². The maximum Gasteiger partial charge on any atom is 0.0633 e. The highest BCUT2D eigenvalue weighted by atomic mass is 35.5. The minimum Gasteiger partial charge on any atom is -0.392 e. The predicted octanol–water partition coefficient (Wildman–Crippen LogP) is 2.43. The Kier molecular flexibility index (Phi) is 3.52. The predicted molar refractivity (Wildman–Crippen MR) is 62.7 cm³/mol. The van der Waals surface area contributed by atoms with Gasteiger partial charge in [-0.05, 0) is 30.7 Å². The Balaban J connectivity index is 2.24. The first-order valence-electron chi connectivity index (χ1n) is 5.02. The standard InChI is InChI=1S/C11H13Cl2NO/c12-9-2-1-7(5-10(9)13)8-6-14-4-3-11(8)15/h1-2,5,8,11,14-15H,3-4,6H2. The summed E-state index contributed by atoms with van der Waals surface area (Å²) in [5, 5.41) is 14.2. The lowest BCUT2D eigenvalue weighted by atomic mass is 9.89. The lowest BCUT2D eigenvalue weighted by Crippen LogP contribution is -2.38. The normalized spacial score (nSPS) is 26.6. The first-order chi connectivity index (χ1) is 7.18. The van der Waals surface area contributed by atoms with E-state index in [-0.39, 0.29) is 12.0 Å². The maximum absolute atomic E-state index is 9.87. The van der Waals surface area contributed by atoms with Gasteiger partial charge in [-0.1, -0.05) is 29.3 Å². The quantitative estimate of drug-likeness (QED) is 0.797. The lowest BCUT2D eigenvalue weighted by Gasteiger charge is -2.28. The molecule has 2 rings (SSSR count). The highest BCUT2D eigenvalue weighted by molar-refractivity contribution is 6.42. The summed E-state index contributed by atoms with van der Waals surface area (Å²) < 4.78 is 0. The molecule has 0 aliphatic carbocycles. The second-order valence-corrected chi connectivity index (χ2v) is 4.65. The van der Waals surface area contributed by atoms with Gasteiger partial charge in [0.05, 0.1) is 16.1 Å². The third-order valence-corrected chi connectivity index (χ3v) is 3.56. The average molecular weight is 246 g/mol. The van der Waals surface area contributed by atoms with Crippen LogP contribution in [0.2, 0.25) is 10.0 Å². The molecule has 1 aliphatic rings. The van der Waals surface area contributed by atoms with Crippen molar-refractivity contribution < 1.29 is 5.11 Å². The molecule has 1 heterocycles. The second-order valence-electron chi connectivity index (χ2n) is 3.84. The number of nitrogens with one attached hydrogen (secondary N) is 1. The van der Waals surface area contributed by atoms with Gasteiger partial charge >= 0.3 is 0 Å². The van der Waals surface area contributed by atoms with Crippen molar-refractivity contribution in [1.29, 1.82) is 0 Å². The first-order valence-corrected chi connectivity index (χ1v) is 5.78. The highest BCUT2D eigenvalue weighted by Crippen LogP contribution is 2.29. The van der Waals surface area contributed by atoms with E-state index in [1.807, 2.05) is 12.1 Å². The number of hydrogen-bond donors (Lipinski definition) is 2. The summed E-state index contributed by atoms with van der Waals surface area (Å²) in [7, 11) is 0. The van der Waals surface area contributed by atoms with E-state index in [4.69, 9.17) is 23.2 Å². The summed E-state index contributed by atoms with van der Waals surface area (Å²) in [6.07, 6.45) is 0.494. The molecule has 1 saturated heterocycles. The van der Waals surface area contributed by atoms with E-state index < -0.39 is 0 Å². The fraction of sp³-hybridized carbons (Fsp3) is 0.455. The largest absolute Gasteiger partial charge is 0.392 e. The van der Waals surface area contributed by atoms with Gasteiger partial charge in [0.15, 0.2) is 0 Å². The molecule has 1 aromatic carbocycles. The van der Waals surface area contributed by atoms with Crippen LogP contribution in [0.1, 0.15) is 17.9 Å². The van der Waals surface area contributed by atoms with Crippen LogP contribution in [0.5, 0.6) is 0 Å². The van der Waals surface area contributed by atoms with Crippen LogP contribution in [-0.2, 0) is 0 Å². The van der Waals surface area contributed by atoms with Crippen molar-refractivity contribution >= 4 is 23.2 Å². The summed E-state index contributed by atoms with van der Waals surface area (Å²) in [4.78, 5) is 0. The molecule has 0 spiro atoms.